The van der Waals surface area contributed by atoms with Crippen LogP contribution in [0.2, 0.25) is 0 Å². The third-order valence-corrected chi connectivity index (χ3v) is 5.88. The monoisotopic (exact) mass is 393 g/mol. The summed E-state index contributed by atoms with van der Waals surface area (Å²) in [6.45, 7) is 4.39. The molecule has 6 nitrogen and oxygen atoms in total. The minimum Gasteiger partial charge on any atom is -0.308 e. The van der Waals surface area contributed by atoms with Crippen LogP contribution in [0.25, 0.3) is 22.7 Å². The summed E-state index contributed by atoms with van der Waals surface area (Å²) in [6.07, 6.45) is 3.35. The molecule has 3 heterocycles. The molecule has 0 amide bonds. The third kappa shape index (κ3) is 2.76. The second-order valence-corrected chi connectivity index (χ2v) is 8.27. The normalized spacial score (nSPS) is 14.0. The summed E-state index contributed by atoms with van der Waals surface area (Å²) >= 11 is 3.35. The topological polar surface area (TPSA) is 84.5 Å². The molecule has 0 radical (unpaired) electrons. The number of aryl methyl sites for hydroxylation is 1. The number of aromatic nitrogens is 4. The SMILES string of the molecule is CCn1c(-c2ncc(Br)cc2[S@](=N)(=O)CC)nc2cccnc21. The lowest BCUT2D eigenvalue weighted by atomic mass is 10.3. The fourth-order valence-electron chi connectivity index (χ4n) is 2.43. The van der Waals surface area contributed by atoms with Gasteiger partial charge in [0.15, 0.2) is 11.5 Å². The molecular formula is C15H16BrN5OS. The largest absolute Gasteiger partial charge is 0.308 e. The molecule has 1 N–H and O–H groups in total. The molecule has 0 bridgehead atoms. The fourth-order valence-corrected chi connectivity index (χ4v) is 4.00. The lowest BCUT2D eigenvalue weighted by molar-refractivity contribution is 0.675. The van der Waals surface area contributed by atoms with Gasteiger partial charge >= 0.3 is 0 Å². The van der Waals surface area contributed by atoms with Gasteiger partial charge in [-0.2, -0.15) is 0 Å². The molecule has 0 fully saturated rings. The van der Waals surface area contributed by atoms with E-state index in [4.69, 9.17) is 4.78 Å². The Bertz CT molecular complexity index is 981. The molecule has 0 aliphatic rings. The van der Waals surface area contributed by atoms with Crippen LogP contribution in [0.3, 0.4) is 0 Å². The highest BCUT2D eigenvalue weighted by Gasteiger charge is 2.22. The van der Waals surface area contributed by atoms with E-state index in [0.717, 1.165) is 11.2 Å². The van der Waals surface area contributed by atoms with E-state index in [9.17, 15) is 4.21 Å². The van der Waals surface area contributed by atoms with Gasteiger partial charge < -0.3 is 4.57 Å². The van der Waals surface area contributed by atoms with Crippen LogP contribution >= 0.6 is 15.9 Å². The number of rotatable bonds is 4. The summed E-state index contributed by atoms with van der Waals surface area (Å²) in [7, 11) is -2.93. The van der Waals surface area contributed by atoms with Crippen molar-refractivity contribution in [2.24, 2.45) is 0 Å². The average molecular weight is 394 g/mol. The second kappa shape index (κ2) is 6.01. The number of hydrogen-bond acceptors (Lipinski definition) is 5. The van der Waals surface area contributed by atoms with Crippen LogP contribution in [0, 0.1) is 4.78 Å². The van der Waals surface area contributed by atoms with Gasteiger partial charge in [0.05, 0.1) is 14.6 Å². The molecule has 120 valence electrons. The maximum atomic E-state index is 12.7. The van der Waals surface area contributed by atoms with E-state index in [1.165, 1.54) is 0 Å². The first-order chi connectivity index (χ1) is 11.0. The van der Waals surface area contributed by atoms with Gasteiger partial charge in [0.2, 0.25) is 0 Å². The molecule has 0 aliphatic carbocycles. The van der Waals surface area contributed by atoms with Gasteiger partial charge in [0.25, 0.3) is 0 Å². The maximum absolute atomic E-state index is 12.7. The van der Waals surface area contributed by atoms with E-state index in [-0.39, 0.29) is 5.75 Å². The Balaban J connectivity index is 2.36. The Morgan fingerprint density at radius 3 is 2.83 bits per heavy atom. The Labute approximate surface area is 143 Å². The third-order valence-electron chi connectivity index (χ3n) is 3.61. The van der Waals surface area contributed by atoms with E-state index in [2.05, 4.69) is 30.9 Å². The molecule has 3 aromatic rings. The first-order valence-corrected chi connectivity index (χ1v) is 9.73. The van der Waals surface area contributed by atoms with Crippen LogP contribution in [0.1, 0.15) is 13.8 Å². The van der Waals surface area contributed by atoms with E-state index in [1.54, 1.807) is 25.4 Å². The predicted octanol–water partition coefficient (Wildman–Crippen LogP) is 3.70. The Morgan fingerprint density at radius 1 is 1.35 bits per heavy atom. The highest BCUT2D eigenvalue weighted by molar-refractivity contribution is 9.10. The van der Waals surface area contributed by atoms with Crippen molar-refractivity contribution in [2.45, 2.75) is 25.3 Å². The Hall–Kier alpha value is -1.80. The molecule has 0 saturated carbocycles. The van der Waals surface area contributed by atoms with Crippen LogP contribution in [-0.4, -0.2) is 29.5 Å². The molecule has 0 unspecified atom stereocenters. The summed E-state index contributed by atoms with van der Waals surface area (Å²) in [5.74, 6) is 0.819. The lowest BCUT2D eigenvalue weighted by Gasteiger charge is -2.12. The number of fused-ring (bicyclic) bond motifs is 1. The molecule has 1 atom stereocenters. The van der Waals surface area contributed by atoms with E-state index >= 15 is 0 Å². The highest BCUT2D eigenvalue weighted by atomic mass is 79.9. The quantitative estimate of drug-likeness (QED) is 0.731. The number of imidazole rings is 1. The number of hydrogen-bond donors (Lipinski definition) is 1. The van der Waals surface area contributed by atoms with Crippen molar-refractivity contribution < 1.29 is 4.21 Å². The molecule has 3 aromatic heterocycles. The molecule has 3 rings (SSSR count). The minimum absolute atomic E-state index is 0.225. The van der Waals surface area contributed by atoms with Gasteiger partial charge in [-0.05, 0) is 41.1 Å². The first-order valence-electron chi connectivity index (χ1n) is 7.21. The predicted molar refractivity (Wildman–Crippen MR) is 93.8 cm³/mol. The number of nitrogens with zero attached hydrogens (tertiary/aromatic N) is 4. The number of nitrogens with one attached hydrogen (secondary N) is 1. The van der Waals surface area contributed by atoms with E-state index in [0.29, 0.717) is 27.4 Å². The maximum Gasteiger partial charge on any atom is 0.162 e. The van der Waals surface area contributed by atoms with Crippen molar-refractivity contribution in [1.82, 2.24) is 19.5 Å². The zero-order valence-corrected chi connectivity index (χ0v) is 15.2. The van der Waals surface area contributed by atoms with Crippen molar-refractivity contribution in [3.05, 3.63) is 35.1 Å². The van der Waals surface area contributed by atoms with Crippen LogP contribution < -0.4 is 0 Å². The van der Waals surface area contributed by atoms with Crippen molar-refractivity contribution in [3.8, 4) is 11.5 Å². The summed E-state index contributed by atoms with van der Waals surface area (Å²) in [5.41, 5.74) is 2.00. The molecule has 0 saturated heterocycles. The molecule has 0 aliphatic heterocycles. The summed E-state index contributed by atoms with van der Waals surface area (Å²) in [5, 5.41) is 0. The van der Waals surface area contributed by atoms with Crippen molar-refractivity contribution in [1.29, 1.82) is 4.78 Å². The minimum atomic E-state index is -2.93. The van der Waals surface area contributed by atoms with Gasteiger partial charge in [-0.25, -0.2) is 19.0 Å². The van der Waals surface area contributed by atoms with Crippen LogP contribution in [0.4, 0.5) is 0 Å². The van der Waals surface area contributed by atoms with Crippen LogP contribution in [0.5, 0.6) is 0 Å². The summed E-state index contributed by atoms with van der Waals surface area (Å²) in [4.78, 5) is 13.8. The molecule has 23 heavy (non-hydrogen) atoms. The van der Waals surface area contributed by atoms with Crippen molar-refractivity contribution in [3.63, 3.8) is 0 Å². The fraction of sp³-hybridized carbons (Fsp3) is 0.267. The first kappa shape index (κ1) is 16.1. The van der Waals surface area contributed by atoms with E-state index < -0.39 is 9.73 Å². The van der Waals surface area contributed by atoms with Gasteiger partial charge in [-0.15, -0.1) is 0 Å². The van der Waals surface area contributed by atoms with Gasteiger partial charge in [0.1, 0.15) is 11.2 Å². The lowest BCUT2D eigenvalue weighted by Crippen LogP contribution is -2.08. The Kier molecular flexibility index (Phi) is 4.20. The molecular weight excluding hydrogens is 378 g/mol. The molecule has 0 aromatic carbocycles. The van der Waals surface area contributed by atoms with Gasteiger partial charge in [-0.3, -0.25) is 4.98 Å². The molecule has 8 heteroatoms. The average Bonchev–Trinajstić information content (AvgIpc) is 2.93. The summed E-state index contributed by atoms with van der Waals surface area (Å²) < 4.78 is 23.5. The Morgan fingerprint density at radius 2 is 2.13 bits per heavy atom. The standard InChI is InChI=1S/C15H16BrN5OS/c1-3-21-14-11(6-5-7-18-14)20-15(21)13-12(23(17,22)4-2)8-10(16)9-19-13/h5-9,17H,3-4H2,1-2H3/t23-/m1/s1. The smallest absolute Gasteiger partial charge is 0.162 e. The van der Waals surface area contributed by atoms with Gasteiger partial charge in [-0.1, -0.05) is 6.92 Å². The molecule has 0 spiro atoms. The summed E-state index contributed by atoms with van der Waals surface area (Å²) in [6, 6.07) is 5.41. The van der Waals surface area contributed by atoms with Gasteiger partial charge in [0, 0.05) is 29.2 Å². The van der Waals surface area contributed by atoms with Crippen molar-refractivity contribution >= 4 is 36.8 Å². The zero-order valence-electron chi connectivity index (χ0n) is 12.8. The second-order valence-electron chi connectivity index (χ2n) is 4.99. The number of halogens is 1. The van der Waals surface area contributed by atoms with E-state index in [1.807, 2.05) is 23.6 Å². The van der Waals surface area contributed by atoms with Crippen LogP contribution in [0.15, 0.2) is 40.0 Å². The highest BCUT2D eigenvalue weighted by Crippen LogP contribution is 2.30. The zero-order chi connectivity index (χ0) is 16.6. The van der Waals surface area contributed by atoms with Crippen LogP contribution in [-0.2, 0) is 16.3 Å². The van der Waals surface area contributed by atoms with Crippen molar-refractivity contribution in [2.75, 3.05) is 5.75 Å². The number of pyridine rings is 2.